The molecule has 1 amide bonds. The van der Waals surface area contributed by atoms with Gasteiger partial charge in [0.2, 0.25) is 0 Å². The lowest BCUT2D eigenvalue weighted by Gasteiger charge is -2.28. The van der Waals surface area contributed by atoms with Gasteiger partial charge in [0.05, 0.1) is 17.2 Å². The van der Waals surface area contributed by atoms with Crippen LogP contribution in [0.15, 0.2) is 54.9 Å². The molecule has 0 spiro atoms. The standard InChI is InChI=1S/C22H25N3O4S/c1-2-10-25(19-9-12-30(27,28)16-19)22(26)17-6-5-7-20(13-17)29-15-18-14-24-11-4-3-8-21(24)23-18/h3-8,11,13-14,19H,2,9-10,12,15-16H2,1H3. The van der Waals surface area contributed by atoms with Gasteiger partial charge in [0.1, 0.15) is 18.0 Å². The molecule has 1 fully saturated rings. The van der Waals surface area contributed by atoms with E-state index in [0.717, 1.165) is 17.8 Å². The van der Waals surface area contributed by atoms with Crippen LogP contribution in [0.1, 0.15) is 35.8 Å². The lowest BCUT2D eigenvalue weighted by atomic mass is 10.1. The number of hydrogen-bond acceptors (Lipinski definition) is 5. The van der Waals surface area contributed by atoms with Gasteiger partial charge in [-0.1, -0.05) is 19.1 Å². The molecule has 1 unspecified atom stereocenters. The normalized spacial score (nSPS) is 17.8. The number of rotatable bonds is 7. The van der Waals surface area contributed by atoms with Gasteiger partial charge in [0, 0.05) is 30.5 Å². The Labute approximate surface area is 176 Å². The fourth-order valence-electron chi connectivity index (χ4n) is 3.81. The second-order valence-electron chi connectivity index (χ2n) is 7.57. The number of carbonyl (C=O) groups is 1. The maximum absolute atomic E-state index is 13.1. The molecule has 0 bridgehead atoms. The summed E-state index contributed by atoms with van der Waals surface area (Å²) in [4.78, 5) is 19.3. The maximum atomic E-state index is 13.1. The van der Waals surface area contributed by atoms with Gasteiger partial charge in [0.25, 0.3) is 5.91 Å². The second kappa shape index (κ2) is 8.47. The Bertz CT molecular complexity index is 1120. The van der Waals surface area contributed by atoms with Gasteiger partial charge in [-0.15, -0.1) is 0 Å². The SMILES string of the molecule is CCCN(C(=O)c1cccc(OCc2cn3ccccc3n2)c1)C1CCS(=O)(=O)C1. The summed E-state index contributed by atoms with van der Waals surface area (Å²) in [5, 5.41) is 0. The molecule has 4 rings (SSSR count). The van der Waals surface area contributed by atoms with Gasteiger partial charge in [-0.05, 0) is 43.2 Å². The third-order valence-corrected chi connectivity index (χ3v) is 7.01. The Morgan fingerprint density at radius 3 is 2.87 bits per heavy atom. The highest BCUT2D eigenvalue weighted by atomic mass is 32.2. The Hall–Kier alpha value is -2.87. The van der Waals surface area contributed by atoms with Crippen LogP contribution in [-0.4, -0.2) is 52.7 Å². The molecular weight excluding hydrogens is 402 g/mol. The number of aromatic nitrogens is 2. The van der Waals surface area contributed by atoms with Crippen LogP contribution in [0, 0.1) is 0 Å². The first-order valence-electron chi connectivity index (χ1n) is 10.1. The minimum Gasteiger partial charge on any atom is -0.487 e. The summed E-state index contributed by atoms with van der Waals surface area (Å²) < 4.78 is 31.6. The lowest BCUT2D eigenvalue weighted by molar-refractivity contribution is 0.0696. The summed E-state index contributed by atoms with van der Waals surface area (Å²) in [6, 6.07) is 12.6. The largest absolute Gasteiger partial charge is 0.487 e. The minimum atomic E-state index is -3.06. The Morgan fingerprint density at radius 1 is 1.27 bits per heavy atom. The zero-order valence-corrected chi connectivity index (χ0v) is 17.7. The third kappa shape index (κ3) is 4.48. The summed E-state index contributed by atoms with van der Waals surface area (Å²) >= 11 is 0. The van der Waals surface area contributed by atoms with Crippen LogP contribution in [0.3, 0.4) is 0 Å². The quantitative estimate of drug-likeness (QED) is 0.579. The zero-order valence-electron chi connectivity index (χ0n) is 16.9. The maximum Gasteiger partial charge on any atom is 0.254 e. The van der Waals surface area contributed by atoms with Crippen molar-refractivity contribution in [2.24, 2.45) is 0 Å². The molecule has 8 heteroatoms. The van der Waals surface area contributed by atoms with Crippen molar-refractivity contribution in [3.8, 4) is 5.75 Å². The van der Waals surface area contributed by atoms with Crippen molar-refractivity contribution < 1.29 is 17.9 Å². The van der Waals surface area contributed by atoms with Crippen LogP contribution in [0.5, 0.6) is 5.75 Å². The average Bonchev–Trinajstić information content (AvgIpc) is 3.32. The molecule has 3 aromatic rings. The van der Waals surface area contributed by atoms with Crippen molar-refractivity contribution in [1.29, 1.82) is 0 Å². The highest BCUT2D eigenvalue weighted by molar-refractivity contribution is 7.91. The molecule has 30 heavy (non-hydrogen) atoms. The molecule has 7 nitrogen and oxygen atoms in total. The van der Waals surface area contributed by atoms with Crippen LogP contribution in [0.2, 0.25) is 0 Å². The topological polar surface area (TPSA) is 81.0 Å². The summed E-state index contributed by atoms with van der Waals surface area (Å²) in [7, 11) is -3.06. The van der Waals surface area contributed by atoms with Gasteiger partial charge < -0.3 is 14.0 Å². The number of ether oxygens (including phenoxy) is 1. The van der Waals surface area contributed by atoms with Crippen molar-refractivity contribution in [3.63, 3.8) is 0 Å². The molecule has 0 N–H and O–H groups in total. The Morgan fingerprint density at radius 2 is 2.13 bits per heavy atom. The third-order valence-electron chi connectivity index (χ3n) is 5.26. The van der Waals surface area contributed by atoms with E-state index in [0.29, 0.717) is 30.9 Å². The number of amides is 1. The molecule has 1 aliphatic rings. The molecule has 0 aliphatic carbocycles. The van der Waals surface area contributed by atoms with Gasteiger partial charge in [0.15, 0.2) is 9.84 Å². The first kappa shape index (κ1) is 20.4. The second-order valence-corrected chi connectivity index (χ2v) is 9.80. The van der Waals surface area contributed by atoms with E-state index >= 15 is 0 Å². The van der Waals surface area contributed by atoms with E-state index in [4.69, 9.17) is 4.74 Å². The van der Waals surface area contributed by atoms with Gasteiger partial charge in [-0.2, -0.15) is 0 Å². The van der Waals surface area contributed by atoms with Gasteiger partial charge >= 0.3 is 0 Å². The highest BCUT2D eigenvalue weighted by Gasteiger charge is 2.34. The van der Waals surface area contributed by atoms with E-state index in [1.54, 1.807) is 29.2 Å². The van der Waals surface area contributed by atoms with Crippen molar-refractivity contribution in [1.82, 2.24) is 14.3 Å². The van der Waals surface area contributed by atoms with E-state index in [2.05, 4.69) is 4.98 Å². The van der Waals surface area contributed by atoms with Crippen LogP contribution < -0.4 is 4.74 Å². The van der Waals surface area contributed by atoms with Crippen LogP contribution >= 0.6 is 0 Å². The molecular formula is C22H25N3O4S. The van der Waals surface area contributed by atoms with E-state index < -0.39 is 9.84 Å². The number of hydrogen-bond donors (Lipinski definition) is 0. The fourth-order valence-corrected chi connectivity index (χ4v) is 5.54. The van der Waals surface area contributed by atoms with Crippen LogP contribution in [-0.2, 0) is 16.4 Å². The van der Waals surface area contributed by atoms with Crippen molar-refractivity contribution in [3.05, 3.63) is 66.1 Å². The number of pyridine rings is 1. The summed E-state index contributed by atoms with van der Waals surface area (Å²) in [6.07, 6.45) is 5.11. The lowest BCUT2D eigenvalue weighted by Crippen LogP contribution is -2.41. The summed E-state index contributed by atoms with van der Waals surface area (Å²) in [5.74, 6) is 0.612. The average molecular weight is 428 g/mol. The monoisotopic (exact) mass is 427 g/mol. The molecule has 1 aromatic carbocycles. The van der Waals surface area contributed by atoms with Gasteiger partial charge in [-0.3, -0.25) is 4.79 Å². The number of sulfone groups is 1. The van der Waals surface area contributed by atoms with E-state index in [1.807, 2.05) is 41.9 Å². The minimum absolute atomic E-state index is 0.0445. The number of benzene rings is 1. The number of fused-ring (bicyclic) bond motifs is 1. The van der Waals surface area contributed by atoms with E-state index in [9.17, 15) is 13.2 Å². The molecule has 1 atom stereocenters. The molecule has 0 radical (unpaired) electrons. The summed E-state index contributed by atoms with van der Waals surface area (Å²) in [6.45, 7) is 2.81. The highest BCUT2D eigenvalue weighted by Crippen LogP contribution is 2.22. The zero-order chi connectivity index (χ0) is 21.1. The van der Waals surface area contributed by atoms with Crippen LogP contribution in [0.25, 0.3) is 5.65 Å². The molecule has 158 valence electrons. The van der Waals surface area contributed by atoms with Crippen LogP contribution in [0.4, 0.5) is 0 Å². The van der Waals surface area contributed by atoms with Crippen molar-refractivity contribution in [2.75, 3.05) is 18.1 Å². The smallest absolute Gasteiger partial charge is 0.254 e. The summed E-state index contributed by atoms with van der Waals surface area (Å²) in [5.41, 5.74) is 2.14. The van der Waals surface area contributed by atoms with Crippen molar-refractivity contribution in [2.45, 2.75) is 32.4 Å². The first-order valence-corrected chi connectivity index (χ1v) is 11.9. The molecule has 0 saturated carbocycles. The number of nitrogens with zero attached hydrogens (tertiary/aromatic N) is 3. The Kier molecular flexibility index (Phi) is 5.76. The predicted molar refractivity (Wildman–Crippen MR) is 114 cm³/mol. The predicted octanol–water partition coefficient (Wildman–Crippen LogP) is 2.95. The molecule has 3 heterocycles. The molecule has 1 aliphatic heterocycles. The number of imidazole rings is 1. The number of carbonyl (C=O) groups excluding carboxylic acids is 1. The Balaban J connectivity index is 1.47. The molecule has 1 saturated heterocycles. The van der Waals surface area contributed by atoms with E-state index in [-0.39, 0.29) is 23.5 Å². The first-order chi connectivity index (χ1) is 14.4. The van der Waals surface area contributed by atoms with E-state index in [1.165, 1.54) is 0 Å². The van der Waals surface area contributed by atoms with Crippen molar-refractivity contribution >= 4 is 21.4 Å². The van der Waals surface area contributed by atoms with Gasteiger partial charge in [-0.25, -0.2) is 13.4 Å². The fraction of sp³-hybridized carbons (Fsp3) is 0.364. The molecule has 2 aromatic heterocycles.